The van der Waals surface area contributed by atoms with Gasteiger partial charge >= 0.3 is 15.9 Å². The van der Waals surface area contributed by atoms with Crippen molar-refractivity contribution in [1.82, 2.24) is 0 Å². The Balaban J connectivity index is 0.000000487. The van der Waals surface area contributed by atoms with Crippen LogP contribution in [0.5, 0.6) is 0 Å². The van der Waals surface area contributed by atoms with Gasteiger partial charge in [0.05, 0.1) is 0 Å². The number of rotatable bonds is 2. The highest BCUT2D eigenvalue weighted by Gasteiger charge is 2.27. The molecule has 0 heterocycles. The molecule has 7 nitrogen and oxygen atoms in total. The summed E-state index contributed by atoms with van der Waals surface area (Å²) in [6.45, 7) is 0. The first-order valence-electron chi connectivity index (χ1n) is 3.88. The summed E-state index contributed by atoms with van der Waals surface area (Å²) in [5.41, 5.74) is 0.228. The number of hydrogen-bond acceptors (Lipinski definition) is 3. The van der Waals surface area contributed by atoms with E-state index < -0.39 is 21.7 Å². The van der Waals surface area contributed by atoms with Gasteiger partial charge in [0.15, 0.2) is 5.85 Å². The third-order valence-electron chi connectivity index (χ3n) is 1.42. The summed E-state index contributed by atoms with van der Waals surface area (Å²) >= 11 is 0. The first-order valence-corrected chi connectivity index (χ1v) is 6.73. The second kappa shape index (κ2) is 6.83. The fourth-order valence-corrected chi connectivity index (χ4v) is 1.38. The number of aliphatic hydroxyl groups is 1. The zero-order chi connectivity index (χ0) is 12.8. The van der Waals surface area contributed by atoms with E-state index in [9.17, 15) is 4.57 Å². The molecule has 1 unspecified atom stereocenters. The molecule has 0 spiro atoms. The summed E-state index contributed by atoms with van der Waals surface area (Å²) in [7, 11) is -7.29. The van der Waals surface area contributed by atoms with Gasteiger partial charge in [-0.25, -0.2) is 0 Å². The predicted molar refractivity (Wildman–Crippen MR) is 55.5 cm³/mol. The molecule has 0 saturated carbocycles. The molecular formula is C7H11O7P2+. The highest BCUT2D eigenvalue weighted by Crippen LogP contribution is 2.49. The van der Waals surface area contributed by atoms with Crippen molar-refractivity contribution in [2.75, 3.05) is 0 Å². The van der Waals surface area contributed by atoms with Gasteiger partial charge in [-0.05, 0) is 5.56 Å². The summed E-state index contributed by atoms with van der Waals surface area (Å²) in [5, 5.41) is 9.09. The van der Waals surface area contributed by atoms with E-state index in [0.29, 0.717) is 0 Å². The lowest BCUT2D eigenvalue weighted by atomic mass is 10.2. The fraction of sp³-hybridized carbons (Fsp3) is 0.143. The Hall–Kier alpha value is -0.650. The third kappa shape index (κ3) is 6.76. The van der Waals surface area contributed by atoms with Crippen molar-refractivity contribution in [3.8, 4) is 0 Å². The molecule has 1 rings (SSSR count). The maximum absolute atomic E-state index is 10.6. The quantitative estimate of drug-likeness (QED) is 0.493. The van der Waals surface area contributed by atoms with Crippen molar-refractivity contribution >= 4 is 15.9 Å². The van der Waals surface area contributed by atoms with Gasteiger partial charge in [0.25, 0.3) is 0 Å². The SMILES string of the molecule is O=P(O)(O)C(O)c1ccccc1.O=[P+](O)O. The molecule has 0 aliphatic heterocycles. The van der Waals surface area contributed by atoms with Gasteiger partial charge in [-0.1, -0.05) is 30.3 Å². The Bertz CT molecular complexity index is 370. The van der Waals surface area contributed by atoms with Crippen LogP contribution in [0.15, 0.2) is 30.3 Å². The standard InChI is InChI=1S/C7H9O4P.HO3P/c8-7(12(9,10)11)6-4-2-1-3-5-6;1-4(2)3/h1-5,7-8H,(H2,9,10,11);(H-,1,2,3)/p+1. The van der Waals surface area contributed by atoms with Crippen molar-refractivity contribution in [2.45, 2.75) is 5.85 Å². The molecule has 1 aromatic rings. The average Bonchev–Trinajstić information content (AvgIpc) is 2.16. The van der Waals surface area contributed by atoms with Crippen LogP contribution in [0.1, 0.15) is 11.4 Å². The van der Waals surface area contributed by atoms with E-state index in [1.54, 1.807) is 18.2 Å². The highest BCUT2D eigenvalue weighted by molar-refractivity contribution is 7.51. The van der Waals surface area contributed by atoms with E-state index in [4.69, 9.17) is 29.2 Å². The van der Waals surface area contributed by atoms with Gasteiger partial charge < -0.3 is 14.9 Å². The zero-order valence-corrected chi connectivity index (χ0v) is 9.70. The Kier molecular flexibility index (Phi) is 6.55. The van der Waals surface area contributed by atoms with Crippen molar-refractivity contribution in [3.63, 3.8) is 0 Å². The topological polar surface area (TPSA) is 135 Å². The average molecular weight is 269 g/mol. The van der Waals surface area contributed by atoms with Crippen molar-refractivity contribution in [3.05, 3.63) is 35.9 Å². The minimum Gasteiger partial charge on any atom is -0.376 e. The van der Waals surface area contributed by atoms with Gasteiger partial charge in [0.1, 0.15) is 0 Å². The van der Waals surface area contributed by atoms with E-state index in [2.05, 4.69) is 0 Å². The maximum atomic E-state index is 10.6. The minimum absolute atomic E-state index is 0.228. The van der Waals surface area contributed by atoms with Crippen LogP contribution < -0.4 is 0 Å². The number of aliphatic hydroxyl groups excluding tert-OH is 1. The Labute approximate surface area is 92.1 Å². The summed E-state index contributed by atoms with van der Waals surface area (Å²) in [6.07, 6.45) is 0. The van der Waals surface area contributed by atoms with Gasteiger partial charge in [-0.3, -0.25) is 4.57 Å². The summed E-state index contributed by atoms with van der Waals surface area (Å²) < 4.78 is 19.3. The summed E-state index contributed by atoms with van der Waals surface area (Å²) in [6, 6.07) is 7.84. The number of hydrogen-bond donors (Lipinski definition) is 5. The molecule has 9 heteroatoms. The first-order chi connectivity index (χ1) is 7.25. The lowest BCUT2D eigenvalue weighted by molar-refractivity contribution is 0.205. The molecule has 0 amide bonds. The molecule has 1 aromatic carbocycles. The van der Waals surface area contributed by atoms with Crippen molar-refractivity contribution in [2.24, 2.45) is 0 Å². The van der Waals surface area contributed by atoms with E-state index in [1.165, 1.54) is 12.1 Å². The Morgan fingerprint density at radius 1 is 1.12 bits per heavy atom. The fourth-order valence-electron chi connectivity index (χ4n) is 0.819. The molecule has 0 aromatic heterocycles. The summed E-state index contributed by atoms with van der Waals surface area (Å²) in [4.78, 5) is 31.4. The molecule has 0 saturated heterocycles. The maximum Gasteiger partial charge on any atom is 0.692 e. The first kappa shape index (κ1) is 15.3. The van der Waals surface area contributed by atoms with Crippen LogP contribution in [0.25, 0.3) is 0 Å². The molecule has 0 bridgehead atoms. The largest absolute Gasteiger partial charge is 0.692 e. The van der Waals surface area contributed by atoms with Gasteiger partial charge in [0.2, 0.25) is 0 Å². The van der Waals surface area contributed by atoms with E-state index >= 15 is 0 Å². The van der Waals surface area contributed by atoms with Crippen LogP contribution in [0.3, 0.4) is 0 Å². The van der Waals surface area contributed by atoms with Crippen molar-refractivity contribution in [1.29, 1.82) is 0 Å². The monoisotopic (exact) mass is 269 g/mol. The van der Waals surface area contributed by atoms with Crippen LogP contribution in [-0.4, -0.2) is 24.7 Å². The van der Waals surface area contributed by atoms with E-state index in [1.807, 2.05) is 0 Å². The normalized spacial score (nSPS) is 12.3. The molecule has 0 aliphatic carbocycles. The van der Waals surface area contributed by atoms with Gasteiger partial charge in [-0.2, -0.15) is 0 Å². The second-order valence-electron chi connectivity index (χ2n) is 2.63. The Morgan fingerprint density at radius 2 is 1.50 bits per heavy atom. The van der Waals surface area contributed by atoms with Gasteiger partial charge in [-0.15, -0.1) is 9.79 Å². The predicted octanol–water partition coefficient (Wildman–Crippen LogP) is 0.484. The molecule has 90 valence electrons. The Morgan fingerprint density at radius 3 is 1.81 bits per heavy atom. The van der Waals surface area contributed by atoms with Crippen LogP contribution >= 0.6 is 15.9 Å². The summed E-state index contributed by atoms with van der Waals surface area (Å²) in [5.74, 6) is -1.71. The lowest BCUT2D eigenvalue weighted by Crippen LogP contribution is -1.97. The zero-order valence-electron chi connectivity index (χ0n) is 7.91. The van der Waals surface area contributed by atoms with Crippen LogP contribution in [0.2, 0.25) is 0 Å². The lowest BCUT2D eigenvalue weighted by Gasteiger charge is -2.11. The molecule has 0 fully saturated rings. The van der Waals surface area contributed by atoms with Crippen LogP contribution in [-0.2, 0) is 9.13 Å². The highest BCUT2D eigenvalue weighted by atomic mass is 31.2. The molecule has 16 heavy (non-hydrogen) atoms. The molecule has 0 aliphatic rings. The molecule has 1 atom stereocenters. The molecule has 0 radical (unpaired) electrons. The van der Waals surface area contributed by atoms with Crippen LogP contribution in [0.4, 0.5) is 0 Å². The third-order valence-corrected chi connectivity index (χ3v) is 2.35. The van der Waals surface area contributed by atoms with Gasteiger partial charge in [0, 0.05) is 4.57 Å². The van der Waals surface area contributed by atoms with Crippen LogP contribution in [0, 0.1) is 0 Å². The minimum atomic E-state index is -4.42. The number of benzene rings is 1. The second-order valence-corrected chi connectivity index (χ2v) is 4.80. The molecular weight excluding hydrogens is 258 g/mol. The van der Waals surface area contributed by atoms with Crippen molar-refractivity contribution < 1.29 is 33.8 Å². The van der Waals surface area contributed by atoms with E-state index in [-0.39, 0.29) is 5.56 Å². The van der Waals surface area contributed by atoms with E-state index in [0.717, 1.165) is 0 Å². The smallest absolute Gasteiger partial charge is 0.376 e. The molecule has 5 N–H and O–H groups in total.